The maximum Gasteiger partial charge on any atom is 0.275 e. The number of carbonyl (C=O) groups is 1. The van der Waals surface area contributed by atoms with Crippen LogP contribution in [0.2, 0.25) is 0 Å². The Hall–Kier alpha value is -2.92. The van der Waals surface area contributed by atoms with Gasteiger partial charge in [-0.15, -0.1) is 12.4 Å². The third kappa shape index (κ3) is 7.03. The SMILES string of the molecule is CC(=Cc1ccc(Nc2ccc(S(=O)(=O)N3CCN(C)CC3)cc2)cc1)C(=O)N=C(N)N.Cl. The summed E-state index contributed by atoms with van der Waals surface area (Å²) < 4.78 is 27.2. The highest BCUT2D eigenvalue weighted by atomic mass is 35.5. The minimum atomic E-state index is -3.49. The summed E-state index contributed by atoms with van der Waals surface area (Å²) in [7, 11) is -1.50. The monoisotopic (exact) mass is 492 g/mol. The van der Waals surface area contributed by atoms with Gasteiger partial charge in [-0.05, 0) is 62.0 Å². The summed E-state index contributed by atoms with van der Waals surface area (Å²) in [6, 6.07) is 14.1. The summed E-state index contributed by atoms with van der Waals surface area (Å²) in [6.07, 6.45) is 1.69. The third-order valence-corrected chi connectivity index (χ3v) is 7.02. The summed E-state index contributed by atoms with van der Waals surface area (Å²) in [5, 5.41) is 3.24. The highest BCUT2D eigenvalue weighted by Crippen LogP contribution is 2.22. The second kappa shape index (κ2) is 11.3. The first-order chi connectivity index (χ1) is 15.1. The Morgan fingerprint density at radius 1 is 0.970 bits per heavy atom. The van der Waals surface area contributed by atoms with Crippen molar-refractivity contribution in [3.8, 4) is 0 Å². The van der Waals surface area contributed by atoms with Crippen LogP contribution in [0.5, 0.6) is 0 Å². The van der Waals surface area contributed by atoms with E-state index in [0.717, 1.165) is 30.0 Å². The largest absolute Gasteiger partial charge is 0.370 e. The van der Waals surface area contributed by atoms with Gasteiger partial charge in [-0.25, -0.2) is 8.42 Å². The van der Waals surface area contributed by atoms with Crippen molar-refractivity contribution in [1.29, 1.82) is 0 Å². The van der Waals surface area contributed by atoms with E-state index in [2.05, 4.69) is 15.2 Å². The van der Waals surface area contributed by atoms with Crippen molar-refractivity contribution in [3.05, 3.63) is 59.7 Å². The van der Waals surface area contributed by atoms with E-state index in [9.17, 15) is 13.2 Å². The number of nitrogens with one attached hydrogen (secondary N) is 1. The number of anilines is 2. The number of benzene rings is 2. The predicted molar refractivity (Wildman–Crippen MR) is 134 cm³/mol. The van der Waals surface area contributed by atoms with E-state index >= 15 is 0 Å². The van der Waals surface area contributed by atoms with E-state index < -0.39 is 15.9 Å². The van der Waals surface area contributed by atoms with E-state index in [4.69, 9.17) is 11.5 Å². The van der Waals surface area contributed by atoms with Crippen molar-refractivity contribution in [2.75, 3.05) is 38.5 Å². The number of aliphatic imine (C=N–C) groups is 1. The van der Waals surface area contributed by atoms with Crippen LogP contribution in [-0.2, 0) is 14.8 Å². The van der Waals surface area contributed by atoms with E-state index in [1.54, 1.807) is 37.3 Å². The molecule has 0 radical (unpaired) electrons. The van der Waals surface area contributed by atoms with Crippen LogP contribution in [0.25, 0.3) is 6.08 Å². The summed E-state index contributed by atoms with van der Waals surface area (Å²) >= 11 is 0. The highest BCUT2D eigenvalue weighted by Gasteiger charge is 2.27. The summed E-state index contributed by atoms with van der Waals surface area (Å²) in [4.78, 5) is 17.7. The number of nitrogens with two attached hydrogens (primary N) is 2. The molecular formula is C22H29ClN6O3S. The number of rotatable bonds is 6. The van der Waals surface area contributed by atoms with Crippen LogP contribution in [0.3, 0.4) is 0 Å². The summed E-state index contributed by atoms with van der Waals surface area (Å²) in [6.45, 7) is 4.09. The lowest BCUT2D eigenvalue weighted by atomic mass is 10.1. The van der Waals surface area contributed by atoms with Gasteiger partial charge < -0.3 is 21.7 Å². The molecule has 1 fully saturated rings. The van der Waals surface area contributed by atoms with Crippen LogP contribution in [0, 0.1) is 0 Å². The van der Waals surface area contributed by atoms with Crippen molar-refractivity contribution in [3.63, 3.8) is 0 Å². The Kier molecular flexibility index (Phi) is 9.00. The van der Waals surface area contributed by atoms with Gasteiger partial charge in [-0.2, -0.15) is 9.30 Å². The van der Waals surface area contributed by atoms with Crippen LogP contribution >= 0.6 is 12.4 Å². The quantitative estimate of drug-likeness (QED) is 0.319. The normalized spacial score (nSPS) is 15.4. The fourth-order valence-electron chi connectivity index (χ4n) is 3.23. The molecule has 178 valence electrons. The lowest BCUT2D eigenvalue weighted by Crippen LogP contribution is -2.46. The van der Waals surface area contributed by atoms with E-state index in [1.165, 1.54) is 4.31 Å². The van der Waals surface area contributed by atoms with Gasteiger partial charge >= 0.3 is 0 Å². The van der Waals surface area contributed by atoms with Crippen molar-refractivity contribution in [2.45, 2.75) is 11.8 Å². The van der Waals surface area contributed by atoms with Gasteiger partial charge in [0.05, 0.1) is 4.90 Å². The van der Waals surface area contributed by atoms with Gasteiger partial charge in [-0.3, -0.25) is 4.79 Å². The minimum absolute atomic E-state index is 0. The number of carbonyl (C=O) groups excluding carboxylic acids is 1. The summed E-state index contributed by atoms with van der Waals surface area (Å²) in [5.74, 6) is -0.761. The molecule has 0 atom stereocenters. The Balaban J connectivity index is 0.00000385. The Morgan fingerprint density at radius 2 is 1.48 bits per heavy atom. The molecule has 33 heavy (non-hydrogen) atoms. The van der Waals surface area contributed by atoms with Gasteiger partial charge in [0.25, 0.3) is 5.91 Å². The second-order valence-corrected chi connectivity index (χ2v) is 9.59. The van der Waals surface area contributed by atoms with Crippen molar-refractivity contribution < 1.29 is 13.2 Å². The van der Waals surface area contributed by atoms with Gasteiger partial charge in [-0.1, -0.05) is 12.1 Å². The van der Waals surface area contributed by atoms with Gasteiger partial charge in [0.1, 0.15) is 0 Å². The minimum Gasteiger partial charge on any atom is -0.370 e. The molecule has 2 aromatic rings. The van der Waals surface area contributed by atoms with Crippen molar-refractivity contribution in [1.82, 2.24) is 9.21 Å². The molecule has 1 aliphatic heterocycles. The smallest absolute Gasteiger partial charge is 0.275 e. The topological polar surface area (TPSA) is 134 Å². The maximum absolute atomic E-state index is 12.8. The maximum atomic E-state index is 12.8. The zero-order chi connectivity index (χ0) is 23.3. The Labute approximate surface area is 200 Å². The highest BCUT2D eigenvalue weighted by molar-refractivity contribution is 7.89. The van der Waals surface area contributed by atoms with Gasteiger partial charge in [0.15, 0.2) is 5.96 Å². The average molecular weight is 493 g/mol. The van der Waals surface area contributed by atoms with Crippen molar-refractivity contribution in [2.24, 2.45) is 16.5 Å². The molecule has 11 heteroatoms. The summed E-state index contributed by atoms with van der Waals surface area (Å²) in [5.41, 5.74) is 13.3. The first kappa shape index (κ1) is 26.3. The third-order valence-electron chi connectivity index (χ3n) is 5.10. The number of hydrogen-bond acceptors (Lipinski definition) is 5. The molecule has 1 amide bonds. The van der Waals surface area contributed by atoms with Crippen LogP contribution in [0.1, 0.15) is 12.5 Å². The van der Waals surface area contributed by atoms with E-state index in [-0.39, 0.29) is 23.3 Å². The number of amides is 1. The molecule has 0 aliphatic carbocycles. The van der Waals surface area contributed by atoms with Crippen LogP contribution < -0.4 is 16.8 Å². The van der Waals surface area contributed by atoms with Crippen LogP contribution in [0.4, 0.5) is 11.4 Å². The van der Waals surface area contributed by atoms with Crippen LogP contribution in [-0.4, -0.2) is 62.7 Å². The molecule has 2 aromatic carbocycles. The molecule has 0 spiro atoms. The number of sulfonamides is 1. The molecule has 1 saturated heterocycles. The molecule has 0 bridgehead atoms. The molecule has 0 aromatic heterocycles. The lowest BCUT2D eigenvalue weighted by molar-refractivity contribution is -0.114. The zero-order valence-corrected chi connectivity index (χ0v) is 20.2. The van der Waals surface area contributed by atoms with Crippen LogP contribution in [0.15, 0.2) is 64.0 Å². The van der Waals surface area contributed by atoms with E-state index in [1.807, 2.05) is 31.3 Å². The number of likely N-dealkylation sites (N-methyl/N-ethyl adjacent to an activating group) is 1. The zero-order valence-electron chi connectivity index (χ0n) is 18.6. The lowest BCUT2D eigenvalue weighted by Gasteiger charge is -2.31. The van der Waals surface area contributed by atoms with Gasteiger partial charge in [0.2, 0.25) is 10.0 Å². The molecule has 0 saturated carbocycles. The molecule has 3 rings (SSSR count). The Morgan fingerprint density at radius 3 is 2.00 bits per heavy atom. The molecule has 1 heterocycles. The first-order valence-corrected chi connectivity index (χ1v) is 11.6. The fourth-order valence-corrected chi connectivity index (χ4v) is 4.66. The molecular weight excluding hydrogens is 464 g/mol. The Bertz CT molecular complexity index is 1120. The number of hydrogen-bond donors (Lipinski definition) is 3. The van der Waals surface area contributed by atoms with Crippen molar-refractivity contribution >= 4 is 51.7 Å². The predicted octanol–water partition coefficient (Wildman–Crippen LogP) is 1.99. The number of halogens is 1. The fraction of sp³-hybridized carbons (Fsp3) is 0.273. The van der Waals surface area contributed by atoms with Gasteiger partial charge in [0, 0.05) is 43.1 Å². The molecule has 9 nitrogen and oxygen atoms in total. The molecule has 0 unspecified atom stereocenters. The number of guanidine groups is 1. The second-order valence-electron chi connectivity index (χ2n) is 7.65. The standard InChI is InChI=1S/C22H28N6O3S.ClH/c1-16(21(29)26-22(23)24)15-17-3-5-18(6-4-17)25-19-7-9-20(10-8-19)32(30,31)28-13-11-27(2)12-14-28;/h3-10,15,25H,11-14H2,1-2H3,(H4,23,24,26,29);1H. The number of nitrogens with zero attached hydrogens (tertiary/aromatic N) is 3. The number of piperazine rings is 1. The van der Waals surface area contributed by atoms with E-state index in [0.29, 0.717) is 18.7 Å². The molecule has 1 aliphatic rings. The average Bonchev–Trinajstić information content (AvgIpc) is 2.75. The molecule has 5 N–H and O–H groups in total. The first-order valence-electron chi connectivity index (χ1n) is 10.1.